The Morgan fingerprint density at radius 1 is 1.11 bits per heavy atom. The van der Waals surface area contributed by atoms with Crippen molar-refractivity contribution in [2.24, 2.45) is 10.1 Å². The predicted molar refractivity (Wildman–Crippen MR) is 121 cm³/mol. The number of primary sulfonamides is 1. The SMILES string of the molecule is CCNC(=NCc1ccc(S(N)(=O)=O)cc1)NCCc1ccccc1Cl.I. The van der Waals surface area contributed by atoms with Crippen molar-refractivity contribution in [2.45, 2.75) is 24.8 Å². The molecule has 0 fully saturated rings. The van der Waals surface area contributed by atoms with Crippen molar-refractivity contribution in [1.82, 2.24) is 10.6 Å². The standard InChI is InChI=1S/C18H23ClN4O2S.HI/c1-2-21-18(22-12-11-15-5-3-4-6-17(15)19)23-13-14-7-9-16(10-8-14)26(20,24)25;/h3-10H,2,11-13H2,1H3,(H2,20,24,25)(H2,21,22,23);1H. The highest BCUT2D eigenvalue weighted by Crippen LogP contribution is 2.14. The van der Waals surface area contributed by atoms with Gasteiger partial charge in [-0.05, 0) is 42.7 Å². The lowest BCUT2D eigenvalue weighted by atomic mass is 10.1. The summed E-state index contributed by atoms with van der Waals surface area (Å²) in [7, 11) is -3.67. The van der Waals surface area contributed by atoms with Crippen LogP contribution in [0.15, 0.2) is 58.4 Å². The molecule has 0 aromatic heterocycles. The molecule has 0 aliphatic rings. The average Bonchev–Trinajstić information content (AvgIpc) is 2.61. The molecule has 2 aromatic carbocycles. The Labute approximate surface area is 182 Å². The number of sulfonamides is 1. The van der Waals surface area contributed by atoms with Gasteiger partial charge >= 0.3 is 0 Å². The van der Waals surface area contributed by atoms with Crippen molar-refractivity contribution in [3.8, 4) is 0 Å². The minimum atomic E-state index is -3.67. The lowest BCUT2D eigenvalue weighted by Crippen LogP contribution is -2.38. The first-order valence-electron chi connectivity index (χ1n) is 8.27. The maximum atomic E-state index is 11.3. The van der Waals surface area contributed by atoms with Gasteiger partial charge < -0.3 is 10.6 Å². The van der Waals surface area contributed by atoms with Gasteiger partial charge in [0, 0.05) is 18.1 Å². The first-order chi connectivity index (χ1) is 12.4. The largest absolute Gasteiger partial charge is 0.357 e. The number of rotatable bonds is 7. The maximum Gasteiger partial charge on any atom is 0.238 e. The Morgan fingerprint density at radius 2 is 1.78 bits per heavy atom. The highest BCUT2D eigenvalue weighted by atomic mass is 127. The number of guanidine groups is 1. The molecule has 4 N–H and O–H groups in total. The molecule has 0 radical (unpaired) electrons. The first-order valence-corrected chi connectivity index (χ1v) is 10.2. The van der Waals surface area contributed by atoms with Gasteiger partial charge in [-0.3, -0.25) is 0 Å². The van der Waals surface area contributed by atoms with Gasteiger partial charge in [-0.25, -0.2) is 18.5 Å². The molecule has 0 unspecified atom stereocenters. The summed E-state index contributed by atoms with van der Waals surface area (Å²) in [5.74, 6) is 0.690. The Morgan fingerprint density at radius 3 is 2.37 bits per heavy atom. The van der Waals surface area contributed by atoms with Crippen LogP contribution in [0.4, 0.5) is 0 Å². The number of nitrogens with two attached hydrogens (primary N) is 1. The van der Waals surface area contributed by atoms with E-state index in [0.717, 1.165) is 29.1 Å². The summed E-state index contributed by atoms with van der Waals surface area (Å²) in [4.78, 5) is 4.60. The maximum absolute atomic E-state index is 11.3. The summed E-state index contributed by atoms with van der Waals surface area (Å²) < 4.78 is 22.6. The Balaban J connectivity index is 0.00000364. The smallest absolute Gasteiger partial charge is 0.238 e. The van der Waals surface area contributed by atoms with E-state index in [4.69, 9.17) is 16.7 Å². The van der Waals surface area contributed by atoms with Crippen molar-refractivity contribution in [1.29, 1.82) is 0 Å². The molecule has 27 heavy (non-hydrogen) atoms. The summed E-state index contributed by atoms with van der Waals surface area (Å²) in [6.07, 6.45) is 0.785. The Bertz CT molecular complexity index is 858. The fourth-order valence-electron chi connectivity index (χ4n) is 2.31. The van der Waals surface area contributed by atoms with E-state index >= 15 is 0 Å². The van der Waals surface area contributed by atoms with Gasteiger partial charge in [-0.1, -0.05) is 41.9 Å². The van der Waals surface area contributed by atoms with Crippen LogP contribution in [0.1, 0.15) is 18.1 Å². The van der Waals surface area contributed by atoms with Gasteiger partial charge in [-0.2, -0.15) is 0 Å². The van der Waals surface area contributed by atoms with Gasteiger partial charge in [0.1, 0.15) is 0 Å². The second-order valence-corrected chi connectivity index (χ2v) is 7.62. The number of halogens is 2. The highest BCUT2D eigenvalue weighted by molar-refractivity contribution is 14.0. The van der Waals surface area contributed by atoms with Gasteiger partial charge in [0.25, 0.3) is 0 Å². The topological polar surface area (TPSA) is 96.6 Å². The van der Waals surface area contributed by atoms with Crippen LogP contribution in [0.25, 0.3) is 0 Å². The van der Waals surface area contributed by atoms with Gasteiger partial charge in [0.2, 0.25) is 10.0 Å². The van der Waals surface area contributed by atoms with Crippen molar-refractivity contribution in [2.75, 3.05) is 13.1 Å². The molecule has 0 saturated heterocycles. The molecule has 0 aliphatic carbocycles. The molecule has 0 atom stereocenters. The van der Waals surface area contributed by atoms with Crippen LogP contribution >= 0.6 is 35.6 Å². The van der Waals surface area contributed by atoms with E-state index in [-0.39, 0.29) is 28.9 Å². The minimum Gasteiger partial charge on any atom is -0.357 e. The van der Waals surface area contributed by atoms with Crippen LogP contribution in [0, 0.1) is 0 Å². The van der Waals surface area contributed by atoms with Gasteiger partial charge in [0.05, 0.1) is 11.4 Å². The zero-order valence-electron chi connectivity index (χ0n) is 15.0. The third kappa shape index (κ3) is 8.04. The third-order valence-electron chi connectivity index (χ3n) is 3.66. The second-order valence-electron chi connectivity index (χ2n) is 5.65. The van der Waals surface area contributed by atoms with E-state index < -0.39 is 10.0 Å². The fourth-order valence-corrected chi connectivity index (χ4v) is 3.06. The molecule has 2 aromatic rings. The molecule has 0 amide bonds. The van der Waals surface area contributed by atoms with E-state index in [0.29, 0.717) is 19.0 Å². The van der Waals surface area contributed by atoms with Crippen LogP contribution in [-0.2, 0) is 23.0 Å². The molecule has 148 valence electrons. The fraction of sp³-hybridized carbons (Fsp3) is 0.278. The summed E-state index contributed by atoms with van der Waals surface area (Å²) >= 11 is 6.16. The van der Waals surface area contributed by atoms with Gasteiger partial charge in [0.15, 0.2) is 5.96 Å². The van der Waals surface area contributed by atoms with Crippen molar-refractivity contribution >= 4 is 51.6 Å². The molecule has 0 bridgehead atoms. The molecular weight excluding hydrogens is 499 g/mol. The average molecular weight is 523 g/mol. The van der Waals surface area contributed by atoms with Gasteiger partial charge in [-0.15, -0.1) is 24.0 Å². The lowest BCUT2D eigenvalue weighted by Gasteiger charge is -2.12. The molecular formula is C18H24ClIN4O2S. The summed E-state index contributed by atoms with van der Waals surface area (Å²) in [5.41, 5.74) is 1.97. The zero-order valence-corrected chi connectivity index (χ0v) is 18.9. The van der Waals surface area contributed by atoms with E-state index in [1.807, 2.05) is 31.2 Å². The van der Waals surface area contributed by atoms with Crippen molar-refractivity contribution < 1.29 is 8.42 Å². The summed E-state index contributed by atoms with van der Waals surface area (Å²) in [5, 5.41) is 12.3. The second kappa shape index (κ2) is 11.5. The van der Waals surface area contributed by atoms with E-state index in [1.165, 1.54) is 12.1 Å². The van der Waals surface area contributed by atoms with E-state index in [1.54, 1.807) is 12.1 Å². The lowest BCUT2D eigenvalue weighted by molar-refractivity contribution is 0.598. The predicted octanol–water partition coefficient (Wildman–Crippen LogP) is 2.90. The molecule has 0 heterocycles. The van der Waals surface area contributed by atoms with Crippen LogP contribution in [0.5, 0.6) is 0 Å². The van der Waals surface area contributed by atoms with E-state index in [2.05, 4.69) is 15.6 Å². The number of hydrogen-bond acceptors (Lipinski definition) is 3. The van der Waals surface area contributed by atoms with Crippen LogP contribution < -0.4 is 15.8 Å². The van der Waals surface area contributed by atoms with Crippen LogP contribution in [-0.4, -0.2) is 27.5 Å². The Hall–Kier alpha value is -1.36. The highest BCUT2D eigenvalue weighted by Gasteiger charge is 2.06. The molecule has 6 nitrogen and oxygen atoms in total. The number of nitrogens with zero attached hydrogens (tertiary/aromatic N) is 1. The van der Waals surface area contributed by atoms with E-state index in [9.17, 15) is 8.42 Å². The van der Waals surface area contributed by atoms with Crippen LogP contribution in [0.2, 0.25) is 5.02 Å². The minimum absolute atomic E-state index is 0. The number of aliphatic imine (C=N–C) groups is 1. The summed E-state index contributed by atoms with van der Waals surface area (Å²) in [6, 6.07) is 14.1. The molecule has 2 rings (SSSR count). The third-order valence-corrected chi connectivity index (χ3v) is 4.96. The number of nitrogens with one attached hydrogen (secondary N) is 2. The summed E-state index contributed by atoms with van der Waals surface area (Å²) in [6.45, 7) is 3.85. The van der Waals surface area contributed by atoms with Crippen molar-refractivity contribution in [3.63, 3.8) is 0 Å². The number of hydrogen-bond donors (Lipinski definition) is 3. The van der Waals surface area contributed by atoms with Crippen molar-refractivity contribution in [3.05, 3.63) is 64.7 Å². The molecule has 0 saturated carbocycles. The molecule has 0 aliphatic heterocycles. The monoisotopic (exact) mass is 522 g/mol. The zero-order chi connectivity index (χ0) is 19.0. The Kier molecular flexibility index (Phi) is 10.1. The first kappa shape index (κ1) is 23.7. The normalized spacial score (nSPS) is 11.6. The molecule has 9 heteroatoms. The quantitative estimate of drug-likeness (QED) is 0.296. The number of benzene rings is 2. The van der Waals surface area contributed by atoms with Crippen LogP contribution in [0.3, 0.4) is 0 Å². The molecule has 0 spiro atoms.